The largest absolute Gasteiger partial charge is 0.478 e. The standard InChI is InChI=1S/C3H4O2.CH5O4P/c1-2-3(4)5;1-5-6(2,3)4/h2H,1H2,(H,4,5);1H3,(H2,2,3,4). The summed E-state index contributed by atoms with van der Waals surface area (Å²) in [5, 5.41) is 7.60. The zero-order valence-electron chi connectivity index (χ0n) is 5.80. The van der Waals surface area contributed by atoms with Crippen LogP contribution in [0.3, 0.4) is 0 Å². The second-order valence-corrected chi connectivity index (χ2v) is 2.56. The van der Waals surface area contributed by atoms with Crippen LogP contribution >= 0.6 is 7.82 Å². The number of hydrogen-bond donors (Lipinski definition) is 3. The van der Waals surface area contributed by atoms with Crippen molar-refractivity contribution in [1.29, 1.82) is 0 Å². The topological polar surface area (TPSA) is 104 Å². The normalized spacial score (nSPS) is 9.36. The first-order valence-corrected chi connectivity index (χ1v) is 3.83. The molecule has 0 aliphatic carbocycles. The molecule has 0 aromatic rings. The maximum atomic E-state index is 9.47. The van der Waals surface area contributed by atoms with E-state index in [0.29, 0.717) is 0 Å². The molecule has 11 heavy (non-hydrogen) atoms. The zero-order valence-corrected chi connectivity index (χ0v) is 6.69. The molecule has 6 nitrogen and oxygen atoms in total. The van der Waals surface area contributed by atoms with Gasteiger partial charge in [0.05, 0.1) is 0 Å². The highest BCUT2D eigenvalue weighted by molar-refractivity contribution is 7.46. The van der Waals surface area contributed by atoms with Gasteiger partial charge in [0.25, 0.3) is 0 Å². The van der Waals surface area contributed by atoms with Crippen LogP contribution in [0.4, 0.5) is 0 Å². The van der Waals surface area contributed by atoms with E-state index in [9.17, 15) is 9.36 Å². The third-order valence-corrected chi connectivity index (χ3v) is 0.888. The highest BCUT2D eigenvalue weighted by Crippen LogP contribution is 2.33. The van der Waals surface area contributed by atoms with Crippen LogP contribution in [0.5, 0.6) is 0 Å². The van der Waals surface area contributed by atoms with Crippen molar-refractivity contribution in [3.8, 4) is 0 Å². The summed E-state index contributed by atoms with van der Waals surface area (Å²) in [7, 11) is -3.20. The minimum absolute atomic E-state index is 0.833. The first kappa shape index (κ1) is 12.9. The van der Waals surface area contributed by atoms with E-state index < -0.39 is 13.8 Å². The molecule has 0 heterocycles. The molecule has 0 spiro atoms. The number of hydrogen-bond acceptors (Lipinski definition) is 3. The van der Waals surface area contributed by atoms with E-state index in [4.69, 9.17) is 14.9 Å². The molecule has 66 valence electrons. The van der Waals surface area contributed by atoms with Gasteiger partial charge in [-0.3, -0.25) is 4.52 Å². The van der Waals surface area contributed by atoms with Crippen molar-refractivity contribution in [3.63, 3.8) is 0 Å². The smallest absolute Gasteiger partial charge is 0.469 e. The van der Waals surface area contributed by atoms with Gasteiger partial charge in [-0.1, -0.05) is 6.58 Å². The fourth-order valence-corrected chi connectivity index (χ4v) is 0. The van der Waals surface area contributed by atoms with Gasteiger partial charge in [-0.15, -0.1) is 0 Å². The van der Waals surface area contributed by atoms with Crippen molar-refractivity contribution in [3.05, 3.63) is 12.7 Å². The molecule has 0 aliphatic rings. The van der Waals surface area contributed by atoms with Gasteiger partial charge in [0.1, 0.15) is 0 Å². The molecular formula is C4H9O6P. The summed E-state index contributed by atoms with van der Waals surface area (Å²) in [6.45, 7) is 2.96. The summed E-state index contributed by atoms with van der Waals surface area (Å²) in [4.78, 5) is 24.7. The Bertz CT molecular complexity index is 169. The summed E-state index contributed by atoms with van der Waals surface area (Å²) in [5.41, 5.74) is 0. The molecule has 0 aliphatic heterocycles. The molecule has 0 unspecified atom stereocenters. The van der Waals surface area contributed by atoms with Crippen LogP contribution in [0.1, 0.15) is 0 Å². The third-order valence-electron chi connectivity index (χ3n) is 0.412. The second kappa shape index (κ2) is 6.06. The number of aliphatic carboxylic acids is 1. The van der Waals surface area contributed by atoms with Gasteiger partial charge in [-0.05, 0) is 0 Å². The minimum atomic E-state index is -4.15. The lowest BCUT2D eigenvalue weighted by molar-refractivity contribution is -0.131. The van der Waals surface area contributed by atoms with Gasteiger partial charge >= 0.3 is 13.8 Å². The molecule has 0 radical (unpaired) electrons. The number of carboxylic acids is 1. The summed E-state index contributed by atoms with van der Waals surface area (Å²) in [6.07, 6.45) is 0.833. The van der Waals surface area contributed by atoms with Gasteiger partial charge in [0.2, 0.25) is 0 Å². The van der Waals surface area contributed by atoms with Crippen molar-refractivity contribution in [2.75, 3.05) is 7.11 Å². The first-order chi connectivity index (χ1) is 4.83. The zero-order chi connectivity index (χ0) is 9.49. The van der Waals surface area contributed by atoms with Crippen LogP contribution in [0.2, 0.25) is 0 Å². The Hall–Kier alpha value is -0.680. The Morgan fingerprint density at radius 3 is 1.82 bits per heavy atom. The van der Waals surface area contributed by atoms with Gasteiger partial charge in [-0.25, -0.2) is 9.36 Å². The van der Waals surface area contributed by atoms with Crippen molar-refractivity contribution >= 4 is 13.8 Å². The lowest BCUT2D eigenvalue weighted by Gasteiger charge is -1.93. The molecule has 0 atom stereocenters. The predicted octanol–water partition coefficient (Wildman–Crippen LogP) is -0.0175. The van der Waals surface area contributed by atoms with Gasteiger partial charge < -0.3 is 14.9 Å². The molecule has 0 amide bonds. The molecule has 3 N–H and O–H groups in total. The molecule has 0 saturated heterocycles. The molecule has 0 fully saturated rings. The minimum Gasteiger partial charge on any atom is -0.478 e. The van der Waals surface area contributed by atoms with E-state index in [2.05, 4.69) is 11.1 Å². The summed E-state index contributed by atoms with van der Waals surface area (Å²) >= 11 is 0. The van der Waals surface area contributed by atoms with Crippen molar-refractivity contribution in [2.45, 2.75) is 0 Å². The molecule has 0 aromatic carbocycles. The average molecular weight is 184 g/mol. The van der Waals surface area contributed by atoms with Gasteiger partial charge in [0.15, 0.2) is 0 Å². The van der Waals surface area contributed by atoms with E-state index >= 15 is 0 Å². The van der Waals surface area contributed by atoms with E-state index in [-0.39, 0.29) is 0 Å². The Kier molecular flexibility index (Phi) is 7.13. The Morgan fingerprint density at radius 2 is 1.82 bits per heavy atom. The maximum absolute atomic E-state index is 9.47. The second-order valence-electron chi connectivity index (χ2n) is 1.22. The van der Waals surface area contributed by atoms with Crippen molar-refractivity contribution in [1.82, 2.24) is 0 Å². The Morgan fingerprint density at radius 1 is 1.64 bits per heavy atom. The molecule has 0 bridgehead atoms. The number of phosphoric acid groups is 1. The molecule has 0 rings (SSSR count). The van der Waals surface area contributed by atoms with Crippen LogP contribution < -0.4 is 0 Å². The predicted molar refractivity (Wildman–Crippen MR) is 36.9 cm³/mol. The first-order valence-electron chi connectivity index (χ1n) is 2.30. The van der Waals surface area contributed by atoms with Crippen LogP contribution in [0.15, 0.2) is 12.7 Å². The van der Waals surface area contributed by atoms with Crippen molar-refractivity contribution < 1.29 is 28.8 Å². The number of phosphoric ester groups is 1. The van der Waals surface area contributed by atoms with Crippen LogP contribution in [-0.2, 0) is 13.9 Å². The molecule has 0 aromatic heterocycles. The molecular weight excluding hydrogens is 175 g/mol. The quantitative estimate of drug-likeness (QED) is 0.411. The SMILES string of the molecule is C=CC(=O)O.COP(=O)(O)O. The Labute approximate surface area is 63.4 Å². The monoisotopic (exact) mass is 184 g/mol. The average Bonchev–Trinajstić information content (AvgIpc) is 1.88. The lowest BCUT2D eigenvalue weighted by atomic mass is 10.7. The van der Waals surface area contributed by atoms with E-state index in [1.165, 1.54) is 0 Å². The fourth-order valence-electron chi connectivity index (χ4n) is 0. The number of carbonyl (C=O) groups is 1. The third kappa shape index (κ3) is 26.8. The fraction of sp³-hybridized carbons (Fsp3) is 0.250. The van der Waals surface area contributed by atoms with Crippen LogP contribution in [0.25, 0.3) is 0 Å². The molecule has 7 heteroatoms. The Balaban J connectivity index is 0. The van der Waals surface area contributed by atoms with Crippen LogP contribution in [0, 0.1) is 0 Å². The molecule has 0 saturated carbocycles. The maximum Gasteiger partial charge on any atom is 0.469 e. The van der Waals surface area contributed by atoms with Gasteiger partial charge in [0, 0.05) is 13.2 Å². The lowest BCUT2D eigenvalue weighted by Crippen LogP contribution is -1.82. The number of rotatable bonds is 2. The van der Waals surface area contributed by atoms with Crippen LogP contribution in [-0.4, -0.2) is 28.0 Å². The van der Waals surface area contributed by atoms with E-state index in [1.807, 2.05) is 0 Å². The number of carboxylic acid groups (broad SMARTS) is 1. The highest BCUT2D eigenvalue weighted by atomic mass is 31.2. The van der Waals surface area contributed by atoms with Gasteiger partial charge in [-0.2, -0.15) is 0 Å². The summed E-state index contributed by atoms with van der Waals surface area (Å²) in [6, 6.07) is 0. The van der Waals surface area contributed by atoms with Crippen molar-refractivity contribution in [2.24, 2.45) is 0 Å². The van der Waals surface area contributed by atoms with E-state index in [0.717, 1.165) is 13.2 Å². The summed E-state index contributed by atoms with van der Waals surface area (Å²) < 4.78 is 13.1. The van der Waals surface area contributed by atoms with E-state index in [1.54, 1.807) is 0 Å². The summed E-state index contributed by atoms with van der Waals surface area (Å²) in [5.74, 6) is -0.981. The highest BCUT2D eigenvalue weighted by Gasteiger charge is 2.07.